The first-order valence-electron chi connectivity index (χ1n) is 7.73. The Morgan fingerprint density at radius 3 is 3.14 bits per heavy atom. The van der Waals surface area contributed by atoms with E-state index < -0.39 is 6.10 Å². The highest BCUT2D eigenvalue weighted by Crippen LogP contribution is 2.45. The summed E-state index contributed by atoms with van der Waals surface area (Å²) in [4.78, 5) is 18.0. The van der Waals surface area contributed by atoms with E-state index in [9.17, 15) is 9.90 Å². The second-order valence-corrected chi connectivity index (χ2v) is 5.94. The minimum absolute atomic E-state index is 0.191. The van der Waals surface area contributed by atoms with Gasteiger partial charge in [0.2, 0.25) is 0 Å². The molecule has 2 aliphatic rings. The lowest BCUT2D eigenvalue weighted by atomic mass is 9.84. The zero-order chi connectivity index (χ0) is 14.8. The van der Waals surface area contributed by atoms with E-state index in [4.69, 9.17) is 4.74 Å². The van der Waals surface area contributed by atoms with E-state index in [1.807, 2.05) is 24.0 Å². The molecule has 5 nitrogen and oxygen atoms in total. The number of pyridine rings is 1. The quantitative estimate of drug-likeness (QED) is 0.925. The van der Waals surface area contributed by atoms with E-state index in [1.165, 1.54) is 0 Å². The van der Waals surface area contributed by atoms with Gasteiger partial charge in [-0.1, -0.05) is 6.07 Å². The van der Waals surface area contributed by atoms with Gasteiger partial charge >= 0.3 is 6.09 Å². The molecule has 4 unspecified atom stereocenters. The average Bonchev–Trinajstić information content (AvgIpc) is 3.06. The maximum Gasteiger partial charge on any atom is 0.410 e. The lowest BCUT2D eigenvalue weighted by molar-refractivity contribution is 0.0928. The van der Waals surface area contributed by atoms with E-state index in [2.05, 4.69) is 4.98 Å². The summed E-state index contributed by atoms with van der Waals surface area (Å²) >= 11 is 0. The zero-order valence-corrected chi connectivity index (χ0v) is 12.3. The van der Waals surface area contributed by atoms with Gasteiger partial charge in [0.05, 0.1) is 12.7 Å². The molecule has 4 atom stereocenters. The fourth-order valence-corrected chi connectivity index (χ4v) is 3.84. The highest BCUT2D eigenvalue weighted by molar-refractivity contribution is 5.69. The molecule has 1 aromatic rings. The summed E-state index contributed by atoms with van der Waals surface area (Å²) in [6.07, 6.45) is 6.45. The Labute approximate surface area is 124 Å². The monoisotopic (exact) mass is 290 g/mol. The number of aliphatic hydroxyl groups is 1. The molecule has 0 saturated carbocycles. The van der Waals surface area contributed by atoms with Crippen molar-refractivity contribution in [2.24, 2.45) is 5.92 Å². The number of ether oxygens (including phenoxy) is 1. The van der Waals surface area contributed by atoms with Crippen LogP contribution < -0.4 is 0 Å². The predicted molar refractivity (Wildman–Crippen MR) is 77.6 cm³/mol. The summed E-state index contributed by atoms with van der Waals surface area (Å²) in [5, 5.41) is 10.4. The highest BCUT2D eigenvalue weighted by Gasteiger charge is 2.49. The number of aromatic nitrogens is 1. The summed E-state index contributed by atoms with van der Waals surface area (Å²) in [6.45, 7) is 2.25. The standard InChI is InChI=1S/C16H22N2O3/c1-2-21-16(20)18-13-5-6-14(18)12(8-13)9-15(19)11-4-3-7-17-10-11/h3-4,7,10,12-15,19H,2,5-6,8-9H2,1H3. The van der Waals surface area contributed by atoms with Gasteiger partial charge < -0.3 is 14.7 Å². The second-order valence-electron chi connectivity index (χ2n) is 5.94. The fraction of sp³-hybridized carbons (Fsp3) is 0.625. The van der Waals surface area contributed by atoms with E-state index in [0.29, 0.717) is 25.0 Å². The first-order valence-corrected chi connectivity index (χ1v) is 7.73. The number of fused-ring (bicyclic) bond motifs is 2. The average molecular weight is 290 g/mol. The number of rotatable bonds is 4. The molecule has 2 fully saturated rings. The minimum atomic E-state index is -0.507. The Morgan fingerprint density at radius 2 is 2.43 bits per heavy atom. The molecule has 3 heterocycles. The van der Waals surface area contributed by atoms with Crippen LogP contribution in [0.2, 0.25) is 0 Å². The lowest BCUT2D eigenvalue weighted by Gasteiger charge is -2.25. The van der Waals surface area contributed by atoms with Gasteiger partial charge in [-0.3, -0.25) is 4.98 Å². The molecule has 1 aromatic heterocycles. The van der Waals surface area contributed by atoms with Crippen LogP contribution in [0.1, 0.15) is 44.3 Å². The Hall–Kier alpha value is -1.62. The summed E-state index contributed by atoms with van der Waals surface area (Å²) in [5.41, 5.74) is 0.850. The van der Waals surface area contributed by atoms with Crippen LogP contribution in [0.5, 0.6) is 0 Å². The summed E-state index contributed by atoms with van der Waals surface area (Å²) in [6, 6.07) is 4.25. The van der Waals surface area contributed by atoms with Crippen LogP contribution in [0, 0.1) is 5.92 Å². The van der Waals surface area contributed by atoms with Crippen molar-refractivity contribution in [3.8, 4) is 0 Å². The van der Waals surface area contributed by atoms with Gasteiger partial charge in [0.15, 0.2) is 0 Å². The lowest BCUT2D eigenvalue weighted by Crippen LogP contribution is -2.37. The topological polar surface area (TPSA) is 62.7 Å². The van der Waals surface area contributed by atoms with Gasteiger partial charge in [0.1, 0.15) is 0 Å². The summed E-state index contributed by atoms with van der Waals surface area (Å²) in [5.74, 6) is 0.350. The molecule has 114 valence electrons. The Balaban J connectivity index is 1.65. The van der Waals surface area contributed by atoms with Crippen molar-refractivity contribution >= 4 is 6.09 Å². The summed E-state index contributed by atoms with van der Waals surface area (Å²) in [7, 11) is 0. The third-order valence-electron chi connectivity index (χ3n) is 4.74. The van der Waals surface area contributed by atoms with Gasteiger partial charge in [-0.25, -0.2) is 4.79 Å². The molecule has 0 aromatic carbocycles. The fourth-order valence-electron chi connectivity index (χ4n) is 3.84. The molecule has 0 radical (unpaired) electrons. The van der Waals surface area contributed by atoms with Crippen LogP contribution in [0.25, 0.3) is 0 Å². The Bertz CT molecular complexity index is 494. The van der Waals surface area contributed by atoms with Gasteiger partial charge in [-0.15, -0.1) is 0 Å². The number of carbonyl (C=O) groups excluding carboxylic acids is 1. The molecule has 1 amide bonds. The molecule has 2 bridgehead atoms. The Kier molecular flexibility index (Phi) is 4.10. The van der Waals surface area contributed by atoms with Crippen molar-refractivity contribution in [3.05, 3.63) is 30.1 Å². The first kappa shape index (κ1) is 14.3. The van der Waals surface area contributed by atoms with Crippen LogP contribution in [0.4, 0.5) is 4.79 Å². The number of amides is 1. The predicted octanol–water partition coefficient (Wildman–Crippen LogP) is 2.51. The van der Waals surface area contributed by atoms with E-state index in [1.54, 1.807) is 12.4 Å². The molecule has 5 heteroatoms. The second kappa shape index (κ2) is 6.02. The van der Waals surface area contributed by atoms with Crippen LogP contribution in [0.15, 0.2) is 24.5 Å². The normalized spacial score (nSPS) is 28.7. The molecule has 2 saturated heterocycles. The number of aliphatic hydroxyl groups excluding tert-OH is 1. The van der Waals surface area contributed by atoms with E-state index >= 15 is 0 Å². The van der Waals surface area contributed by atoms with Crippen molar-refractivity contribution in [2.45, 2.75) is 50.8 Å². The third-order valence-corrected chi connectivity index (χ3v) is 4.74. The molecular formula is C16H22N2O3. The molecule has 21 heavy (non-hydrogen) atoms. The molecule has 0 spiro atoms. The van der Waals surface area contributed by atoms with Gasteiger partial charge in [-0.05, 0) is 50.2 Å². The van der Waals surface area contributed by atoms with Gasteiger partial charge in [0.25, 0.3) is 0 Å². The van der Waals surface area contributed by atoms with Crippen molar-refractivity contribution in [2.75, 3.05) is 6.61 Å². The van der Waals surface area contributed by atoms with Crippen molar-refractivity contribution < 1.29 is 14.6 Å². The van der Waals surface area contributed by atoms with E-state index in [0.717, 1.165) is 24.8 Å². The van der Waals surface area contributed by atoms with Crippen LogP contribution in [-0.2, 0) is 4.74 Å². The largest absolute Gasteiger partial charge is 0.450 e. The minimum Gasteiger partial charge on any atom is -0.450 e. The molecule has 1 N–H and O–H groups in total. The number of hydrogen-bond donors (Lipinski definition) is 1. The van der Waals surface area contributed by atoms with Gasteiger partial charge in [-0.2, -0.15) is 0 Å². The molecular weight excluding hydrogens is 268 g/mol. The number of hydrogen-bond acceptors (Lipinski definition) is 4. The number of carbonyl (C=O) groups is 1. The van der Waals surface area contributed by atoms with Gasteiger partial charge in [0, 0.05) is 24.5 Å². The first-order chi connectivity index (χ1) is 10.2. The third kappa shape index (κ3) is 2.75. The maximum absolute atomic E-state index is 12.0. The number of nitrogens with zero attached hydrogens (tertiary/aromatic N) is 2. The van der Waals surface area contributed by atoms with E-state index in [-0.39, 0.29) is 12.1 Å². The smallest absolute Gasteiger partial charge is 0.410 e. The SMILES string of the molecule is CCOC(=O)N1C2CCC1C(CC(O)c1cccnc1)C2. The molecule has 2 aliphatic heterocycles. The molecule has 3 rings (SSSR count). The van der Waals surface area contributed by atoms with Crippen LogP contribution in [-0.4, -0.2) is 39.8 Å². The Morgan fingerprint density at radius 1 is 1.57 bits per heavy atom. The van der Waals surface area contributed by atoms with Crippen molar-refractivity contribution in [1.29, 1.82) is 0 Å². The van der Waals surface area contributed by atoms with Crippen molar-refractivity contribution in [1.82, 2.24) is 9.88 Å². The summed E-state index contributed by atoms with van der Waals surface area (Å²) < 4.78 is 5.16. The molecule has 0 aliphatic carbocycles. The maximum atomic E-state index is 12.0. The zero-order valence-electron chi connectivity index (χ0n) is 12.3. The highest BCUT2D eigenvalue weighted by atomic mass is 16.6. The van der Waals surface area contributed by atoms with Crippen LogP contribution in [0.3, 0.4) is 0 Å². The van der Waals surface area contributed by atoms with Crippen molar-refractivity contribution in [3.63, 3.8) is 0 Å². The van der Waals surface area contributed by atoms with Crippen LogP contribution >= 0.6 is 0 Å².